The number of halogens is 3. The molecule has 3 nitrogen and oxygen atoms in total. The van der Waals surface area contributed by atoms with Crippen molar-refractivity contribution in [2.75, 3.05) is 0 Å². The molecule has 0 saturated carbocycles. The first kappa shape index (κ1) is 12.3. The lowest BCUT2D eigenvalue weighted by atomic mass is 10.2. The molecule has 0 N–H and O–H groups in total. The maximum atomic E-state index is 13.5. The van der Waals surface area contributed by atoms with Gasteiger partial charge in [0, 0.05) is 18.8 Å². The summed E-state index contributed by atoms with van der Waals surface area (Å²) >= 11 is 0. The van der Waals surface area contributed by atoms with Crippen LogP contribution in [0.4, 0.5) is 13.2 Å². The largest absolute Gasteiger partial charge is 0.269 e. The van der Waals surface area contributed by atoms with Crippen molar-refractivity contribution in [3.63, 3.8) is 0 Å². The Hall–Kier alpha value is -2.11. The molecule has 0 spiro atoms. The average molecular weight is 254 g/mol. The first-order valence-corrected chi connectivity index (χ1v) is 5.26. The van der Waals surface area contributed by atoms with Gasteiger partial charge in [-0.2, -0.15) is 0 Å². The molecule has 0 radical (unpaired) electrons. The number of hydrogen-bond donors (Lipinski definition) is 0. The van der Waals surface area contributed by atoms with Crippen LogP contribution in [0.5, 0.6) is 0 Å². The van der Waals surface area contributed by atoms with Gasteiger partial charge in [-0.05, 0) is 12.1 Å². The summed E-state index contributed by atoms with van der Waals surface area (Å²) in [5, 5.41) is 0. The number of nitrogens with zero attached hydrogens (tertiary/aromatic N) is 2. The maximum absolute atomic E-state index is 13.5. The van der Waals surface area contributed by atoms with E-state index in [1.165, 1.54) is 12.4 Å². The first-order chi connectivity index (χ1) is 8.56. The highest BCUT2D eigenvalue weighted by atomic mass is 19.2. The molecule has 0 aliphatic rings. The summed E-state index contributed by atoms with van der Waals surface area (Å²) < 4.78 is 40.4. The Morgan fingerprint density at radius 1 is 1.28 bits per heavy atom. The number of rotatable bonds is 2. The van der Waals surface area contributed by atoms with Gasteiger partial charge in [-0.15, -0.1) is 0 Å². The topological polar surface area (TPSA) is 34.9 Å². The average Bonchev–Trinajstić information content (AvgIpc) is 2.83. The predicted molar refractivity (Wildman–Crippen MR) is 57.6 cm³/mol. The highest BCUT2D eigenvalue weighted by molar-refractivity contribution is 5.96. The Morgan fingerprint density at radius 3 is 2.67 bits per heavy atom. The Labute approximate surface area is 101 Å². The minimum Gasteiger partial charge on any atom is -0.269 e. The van der Waals surface area contributed by atoms with E-state index in [9.17, 15) is 18.0 Å². The van der Waals surface area contributed by atoms with Crippen molar-refractivity contribution in [3.05, 3.63) is 53.4 Å². The fourth-order valence-corrected chi connectivity index (χ4v) is 1.60. The molecular formula is C12H9F3N2O. The molecule has 0 bridgehead atoms. The van der Waals surface area contributed by atoms with E-state index in [4.69, 9.17) is 0 Å². The minimum absolute atomic E-state index is 0.420. The fourth-order valence-electron chi connectivity index (χ4n) is 1.60. The standard InChI is InChI=1S/C12H9F3N2O/c1-2-9-16-5-6-17(9)12(18)7-3-4-8(13)11(15)10(7)14/h3-6H,2H2,1H3. The second kappa shape index (κ2) is 4.64. The van der Waals surface area contributed by atoms with Crippen LogP contribution in [0.2, 0.25) is 0 Å². The van der Waals surface area contributed by atoms with Gasteiger partial charge in [-0.3, -0.25) is 9.36 Å². The molecule has 6 heteroatoms. The van der Waals surface area contributed by atoms with E-state index in [1.54, 1.807) is 6.92 Å². The molecule has 0 aliphatic carbocycles. The SMILES string of the molecule is CCc1nccn1C(=O)c1ccc(F)c(F)c1F. The van der Waals surface area contributed by atoms with Crippen molar-refractivity contribution in [2.24, 2.45) is 0 Å². The van der Waals surface area contributed by atoms with Crippen LogP contribution in [0.1, 0.15) is 23.1 Å². The van der Waals surface area contributed by atoms with E-state index in [-0.39, 0.29) is 0 Å². The number of benzene rings is 1. The van der Waals surface area contributed by atoms with E-state index in [0.717, 1.165) is 10.6 Å². The first-order valence-electron chi connectivity index (χ1n) is 5.26. The summed E-state index contributed by atoms with van der Waals surface area (Å²) in [6.45, 7) is 1.77. The highest BCUT2D eigenvalue weighted by Gasteiger charge is 2.21. The van der Waals surface area contributed by atoms with Crippen LogP contribution in [0.15, 0.2) is 24.5 Å². The number of aromatic nitrogens is 2. The van der Waals surface area contributed by atoms with Crippen molar-refractivity contribution in [3.8, 4) is 0 Å². The van der Waals surface area contributed by atoms with Gasteiger partial charge in [0.1, 0.15) is 5.82 Å². The molecule has 94 valence electrons. The second-order valence-corrected chi connectivity index (χ2v) is 3.60. The van der Waals surface area contributed by atoms with Crippen molar-refractivity contribution in [1.29, 1.82) is 0 Å². The van der Waals surface area contributed by atoms with Gasteiger partial charge in [-0.25, -0.2) is 18.2 Å². The third kappa shape index (κ3) is 1.90. The van der Waals surface area contributed by atoms with Gasteiger partial charge in [-0.1, -0.05) is 6.92 Å². The van der Waals surface area contributed by atoms with E-state index in [2.05, 4.69) is 4.98 Å². The van der Waals surface area contributed by atoms with Crippen LogP contribution in [0.25, 0.3) is 0 Å². The van der Waals surface area contributed by atoms with Crippen LogP contribution in [0.3, 0.4) is 0 Å². The minimum atomic E-state index is -1.65. The Morgan fingerprint density at radius 2 is 2.00 bits per heavy atom. The molecular weight excluding hydrogens is 245 g/mol. The van der Waals surface area contributed by atoms with Crippen molar-refractivity contribution >= 4 is 5.91 Å². The van der Waals surface area contributed by atoms with Crippen LogP contribution in [-0.2, 0) is 6.42 Å². The molecule has 0 atom stereocenters. The summed E-state index contributed by atoms with van der Waals surface area (Å²) in [4.78, 5) is 15.9. The van der Waals surface area contributed by atoms with Crippen molar-refractivity contribution < 1.29 is 18.0 Å². The Balaban J connectivity index is 2.50. The van der Waals surface area contributed by atoms with Crippen molar-refractivity contribution in [2.45, 2.75) is 13.3 Å². The molecule has 0 aliphatic heterocycles. The zero-order valence-corrected chi connectivity index (χ0v) is 9.45. The Bertz CT molecular complexity index is 607. The molecule has 18 heavy (non-hydrogen) atoms. The van der Waals surface area contributed by atoms with E-state index in [0.29, 0.717) is 18.3 Å². The molecule has 2 rings (SSSR count). The molecule has 0 amide bonds. The lowest BCUT2D eigenvalue weighted by Gasteiger charge is -2.06. The van der Waals surface area contributed by atoms with E-state index < -0.39 is 28.9 Å². The third-order valence-electron chi connectivity index (χ3n) is 2.52. The predicted octanol–water partition coefficient (Wildman–Crippen LogP) is 2.55. The number of hydrogen-bond acceptors (Lipinski definition) is 2. The third-order valence-corrected chi connectivity index (χ3v) is 2.52. The number of carbonyl (C=O) groups excluding carboxylic acids is 1. The van der Waals surface area contributed by atoms with Gasteiger partial charge in [0.2, 0.25) is 0 Å². The van der Waals surface area contributed by atoms with E-state index in [1.807, 2.05) is 0 Å². The van der Waals surface area contributed by atoms with Gasteiger partial charge in [0.05, 0.1) is 5.56 Å². The molecule has 1 aromatic heterocycles. The molecule has 1 aromatic carbocycles. The summed E-state index contributed by atoms with van der Waals surface area (Å²) in [7, 11) is 0. The number of carbonyl (C=O) groups is 1. The van der Waals surface area contributed by atoms with Crippen molar-refractivity contribution in [1.82, 2.24) is 9.55 Å². The van der Waals surface area contributed by atoms with Gasteiger partial charge in [0.15, 0.2) is 17.5 Å². The second-order valence-electron chi connectivity index (χ2n) is 3.60. The monoisotopic (exact) mass is 254 g/mol. The van der Waals surface area contributed by atoms with Gasteiger partial charge >= 0.3 is 0 Å². The summed E-state index contributed by atoms with van der Waals surface area (Å²) in [6.07, 6.45) is 3.19. The van der Waals surface area contributed by atoms with Crippen LogP contribution in [0, 0.1) is 17.5 Å². The summed E-state index contributed by atoms with van der Waals surface area (Å²) in [5.74, 6) is -4.83. The molecule has 0 unspecified atom stereocenters. The van der Waals surface area contributed by atoms with Crippen LogP contribution >= 0.6 is 0 Å². The smallest absolute Gasteiger partial charge is 0.266 e. The lowest BCUT2D eigenvalue weighted by Crippen LogP contribution is -2.16. The normalized spacial score (nSPS) is 10.7. The fraction of sp³-hybridized carbons (Fsp3) is 0.167. The van der Waals surface area contributed by atoms with Crippen LogP contribution < -0.4 is 0 Å². The maximum Gasteiger partial charge on any atom is 0.266 e. The summed E-state index contributed by atoms with van der Waals surface area (Å²) in [6, 6.07) is 1.63. The summed E-state index contributed by atoms with van der Waals surface area (Å²) in [5.41, 5.74) is -0.526. The van der Waals surface area contributed by atoms with Crippen LogP contribution in [-0.4, -0.2) is 15.5 Å². The molecule has 2 aromatic rings. The zero-order chi connectivity index (χ0) is 13.3. The molecule has 0 fully saturated rings. The number of imidazole rings is 1. The molecule has 1 heterocycles. The quantitative estimate of drug-likeness (QED) is 0.772. The van der Waals surface area contributed by atoms with Gasteiger partial charge < -0.3 is 0 Å². The van der Waals surface area contributed by atoms with Gasteiger partial charge in [0.25, 0.3) is 5.91 Å². The Kier molecular flexibility index (Phi) is 3.18. The lowest BCUT2D eigenvalue weighted by molar-refractivity contribution is 0.0951. The molecule has 0 saturated heterocycles. The zero-order valence-electron chi connectivity index (χ0n) is 9.45. The number of aryl methyl sites for hydroxylation is 1. The van der Waals surface area contributed by atoms with E-state index >= 15 is 0 Å². The highest BCUT2D eigenvalue weighted by Crippen LogP contribution is 2.17.